The second-order valence-electron chi connectivity index (χ2n) is 5.11. The van der Waals surface area contributed by atoms with Crippen LogP contribution in [0, 0.1) is 0 Å². The van der Waals surface area contributed by atoms with Gasteiger partial charge in [0.05, 0.1) is 17.2 Å². The summed E-state index contributed by atoms with van der Waals surface area (Å²) in [5, 5.41) is 9.64. The molecule has 5 nitrogen and oxygen atoms in total. The van der Waals surface area contributed by atoms with Gasteiger partial charge in [0.2, 0.25) is 0 Å². The van der Waals surface area contributed by atoms with Crippen LogP contribution in [0.3, 0.4) is 0 Å². The third kappa shape index (κ3) is 2.04. The van der Waals surface area contributed by atoms with E-state index in [1.54, 1.807) is 22.8 Å². The maximum Gasteiger partial charge on any atom is 0.327 e. The number of phenolic OH excluding ortho intramolecular Hbond substituents is 1. The van der Waals surface area contributed by atoms with E-state index < -0.39 is 0 Å². The van der Waals surface area contributed by atoms with Crippen molar-refractivity contribution in [2.24, 2.45) is 0 Å². The number of likely N-dealkylation sites (tertiary alicyclic amines) is 1. The number of benzene rings is 1. The molecular formula is C14H19N3O2. The van der Waals surface area contributed by atoms with Crippen molar-refractivity contribution in [1.82, 2.24) is 14.5 Å². The lowest BCUT2D eigenvalue weighted by Gasteiger charge is -2.35. The SMILES string of the molecule is CCN1CCCCC1n1c(=O)[nH]c2ccc(O)cc21. The Hall–Kier alpha value is -1.75. The maximum absolute atomic E-state index is 12.2. The van der Waals surface area contributed by atoms with Gasteiger partial charge in [-0.05, 0) is 37.9 Å². The molecule has 1 saturated heterocycles. The Balaban J connectivity index is 2.15. The number of hydrogen-bond acceptors (Lipinski definition) is 3. The quantitative estimate of drug-likeness (QED) is 0.869. The van der Waals surface area contributed by atoms with Gasteiger partial charge in [-0.15, -0.1) is 0 Å². The van der Waals surface area contributed by atoms with Crippen LogP contribution in [0.25, 0.3) is 11.0 Å². The molecule has 102 valence electrons. The highest BCUT2D eigenvalue weighted by molar-refractivity contribution is 5.77. The summed E-state index contributed by atoms with van der Waals surface area (Å²) in [5.41, 5.74) is 1.48. The minimum absolute atomic E-state index is 0.0917. The van der Waals surface area contributed by atoms with E-state index in [1.165, 1.54) is 6.42 Å². The standard InChI is InChI=1S/C14H19N3O2/c1-2-16-8-4-3-5-13(16)17-12-9-10(18)6-7-11(12)15-14(17)19/h6-7,9,13,18H,2-5,8H2,1H3,(H,15,19). The lowest BCUT2D eigenvalue weighted by atomic mass is 10.1. The van der Waals surface area contributed by atoms with Crippen LogP contribution >= 0.6 is 0 Å². The summed E-state index contributed by atoms with van der Waals surface area (Å²) >= 11 is 0. The van der Waals surface area contributed by atoms with Gasteiger partial charge in [-0.25, -0.2) is 4.79 Å². The van der Waals surface area contributed by atoms with E-state index in [4.69, 9.17) is 0 Å². The Morgan fingerprint density at radius 3 is 3.05 bits per heavy atom. The molecule has 3 rings (SSSR count). The van der Waals surface area contributed by atoms with Gasteiger partial charge in [-0.3, -0.25) is 9.47 Å². The van der Waals surface area contributed by atoms with Crippen molar-refractivity contribution in [3.8, 4) is 5.75 Å². The van der Waals surface area contributed by atoms with Crippen LogP contribution in [-0.4, -0.2) is 32.6 Å². The average molecular weight is 261 g/mol. The van der Waals surface area contributed by atoms with Gasteiger partial charge >= 0.3 is 5.69 Å². The van der Waals surface area contributed by atoms with Crippen molar-refractivity contribution in [3.63, 3.8) is 0 Å². The normalized spacial score (nSPS) is 21.0. The molecule has 0 aliphatic carbocycles. The van der Waals surface area contributed by atoms with E-state index in [1.807, 2.05) is 0 Å². The number of imidazole rings is 1. The zero-order valence-corrected chi connectivity index (χ0v) is 11.1. The van der Waals surface area contributed by atoms with E-state index >= 15 is 0 Å². The highest BCUT2D eigenvalue weighted by Crippen LogP contribution is 2.28. The molecule has 19 heavy (non-hydrogen) atoms. The van der Waals surface area contributed by atoms with Gasteiger partial charge in [0, 0.05) is 12.6 Å². The molecule has 0 saturated carbocycles. The summed E-state index contributed by atoms with van der Waals surface area (Å²) in [7, 11) is 0. The number of piperidine rings is 1. The predicted molar refractivity (Wildman–Crippen MR) is 74.4 cm³/mol. The van der Waals surface area contributed by atoms with Crippen LogP contribution in [0.2, 0.25) is 0 Å². The second kappa shape index (κ2) is 4.74. The molecule has 1 atom stereocenters. The first kappa shape index (κ1) is 12.3. The third-order valence-corrected chi connectivity index (χ3v) is 3.98. The highest BCUT2D eigenvalue weighted by Gasteiger charge is 2.25. The molecule has 2 N–H and O–H groups in total. The molecule has 0 bridgehead atoms. The fraction of sp³-hybridized carbons (Fsp3) is 0.500. The fourth-order valence-electron chi connectivity index (χ4n) is 3.04. The molecule has 0 radical (unpaired) electrons. The second-order valence-corrected chi connectivity index (χ2v) is 5.11. The zero-order valence-electron chi connectivity index (χ0n) is 11.1. The number of rotatable bonds is 2. The minimum atomic E-state index is -0.0917. The summed E-state index contributed by atoms with van der Waals surface area (Å²) in [6.07, 6.45) is 3.41. The summed E-state index contributed by atoms with van der Waals surface area (Å²) < 4.78 is 1.79. The molecule has 1 aliphatic heterocycles. The number of aromatic amines is 1. The lowest BCUT2D eigenvalue weighted by Crippen LogP contribution is -2.40. The van der Waals surface area contributed by atoms with Crippen molar-refractivity contribution < 1.29 is 5.11 Å². The summed E-state index contributed by atoms with van der Waals surface area (Å²) in [5.74, 6) is 0.194. The lowest BCUT2D eigenvalue weighted by molar-refractivity contribution is 0.103. The predicted octanol–water partition coefficient (Wildman–Crippen LogP) is 2.04. The summed E-state index contributed by atoms with van der Waals surface area (Å²) in [4.78, 5) is 17.4. The van der Waals surface area contributed by atoms with Gasteiger partial charge in [-0.1, -0.05) is 6.92 Å². The smallest absolute Gasteiger partial charge is 0.327 e. The number of H-pyrrole nitrogens is 1. The Morgan fingerprint density at radius 1 is 1.42 bits per heavy atom. The molecule has 1 aromatic carbocycles. The number of nitrogens with zero attached hydrogens (tertiary/aromatic N) is 2. The topological polar surface area (TPSA) is 61.3 Å². The van der Waals surface area contributed by atoms with Crippen LogP contribution in [0.1, 0.15) is 32.4 Å². The molecule has 1 unspecified atom stereocenters. The minimum Gasteiger partial charge on any atom is -0.508 e. The maximum atomic E-state index is 12.2. The van der Waals surface area contributed by atoms with Crippen molar-refractivity contribution in [2.45, 2.75) is 32.4 Å². The number of fused-ring (bicyclic) bond motifs is 1. The largest absolute Gasteiger partial charge is 0.508 e. The molecule has 2 heterocycles. The van der Waals surface area contributed by atoms with E-state index in [-0.39, 0.29) is 17.6 Å². The van der Waals surface area contributed by atoms with E-state index in [0.29, 0.717) is 0 Å². The summed E-state index contributed by atoms with van der Waals surface area (Å²) in [6.45, 7) is 4.08. The van der Waals surface area contributed by atoms with Gasteiger partial charge in [-0.2, -0.15) is 0 Å². The van der Waals surface area contributed by atoms with Gasteiger partial charge in [0.15, 0.2) is 0 Å². The first-order chi connectivity index (χ1) is 9.20. The number of aromatic nitrogens is 2. The van der Waals surface area contributed by atoms with Crippen molar-refractivity contribution in [3.05, 3.63) is 28.7 Å². The first-order valence-corrected chi connectivity index (χ1v) is 6.88. The van der Waals surface area contributed by atoms with E-state index in [0.717, 1.165) is 37.0 Å². The third-order valence-electron chi connectivity index (χ3n) is 3.98. The first-order valence-electron chi connectivity index (χ1n) is 6.88. The van der Waals surface area contributed by atoms with Crippen LogP contribution < -0.4 is 5.69 Å². The highest BCUT2D eigenvalue weighted by atomic mass is 16.3. The molecule has 1 aromatic heterocycles. The Bertz CT molecular complexity index is 644. The van der Waals surface area contributed by atoms with Crippen LogP contribution in [0.5, 0.6) is 5.75 Å². The van der Waals surface area contributed by atoms with Crippen LogP contribution in [0.4, 0.5) is 0 Å². The monoisotopic (exact) mass is 261 g/mol. The average Bonchev–Trinajstić information content (AvgIpc) is 2.74. The zero-order chi connectivity index (χ0) is 13.4. The van der Waals surface area contributed by atoms with Gasteiger partial charge < -0.3 is 10.1 Å². The van der Waals surface area contributed by atoms with Crippen LogP contribution in [0.15, 0.2) is 23.0 Å². The van der Waals surface area contributed by atoms with Crippen molar-refractivity contribution in [1.29, 1.82) is 0 Å². The molecule has 1 fully saturated rings. The summed E-state index contributed by atoms with van der Waals surface area (Å²) in [6, 6.07) is 5.01. The fourth-order valence-corrected chi connectivity index (χ4v) is 3.04. The molecule has 5 heteroatoms. The molecule has 0 spiro atoms. The Kier molecular flexibility index (Phi) is 3.06. The van der Waals surface area contributed by atoms with E-state index in [9.17, 15) is 9.90 Å². The number of phenols is 1. The van der Waals surface area contributed by atoms with Crippen molar-refractivity contribution in [2.75, 3.05) is 13.1 Å². The van der Waals surface area contributed by atoms with Crippen molar-refractivity contribution >= 4 is 11.0 Å². The van der Waals surface area contributed by atoms with Crippen LogP contribution in [-0.2, 0) is 0 Å². The molecule has 2 aromatic rings. The number of hydrogen-bond donors (Lipinski definition) is 2. The van der Waals surface area contributed by atoms with Gasteiger partial charge in [0.25, 0.3) is 0 Å². The Morgan fingerprint density at radius 2 is 2.26 bits per heavy atom. The number of nitrogens with one attached hydrogen (secondary N) is 1. The van der Waals surface area contributed by atoms with Gasteiger partial charge in [0.1, 0.15) is 5.75 Å². The Labute approximate surface area is 111 Å². The molecule has 0 amide bonds. The van der Waals surface area contributed by atoms with E-state index in [2.05, 4.69) is 16.8 Å². The molecule has 1 aliphatic rings. The number of aromatic hydroxyl groups is 1. The molecular weight excluding hydrogens is 242 g/mol.